The van der Waals surface area contributed by atoms with Crippen molar-refractivity contribution in [2.24, 2.45) is 0 Å². The SMILES string of the molecule is CCCCCCCC[C@H](O)C(C)[N+](=O)[O-]. The summed E-state index contributed by atoms with van der Waals surface area (Å²) in [5.74, 6) is 0. The molecular formula is C11H23NO3. The van der Waals surface area contributed by atoms with Crippen LogP contribution in [-0.4, -0.2) is 22.2 Å². The molecule has 0 saturated heterocycles. The van der Waals surface area contributed by atoms with Gasteiger partial charge in [0.2, 0.25) is 6.04 Å². The van der Waals surface area contributed by atoms with Crippen molar-refractivity contribution in [2.45, 2.75) is 70.9 Å². The molecule has 0 aliphatic carbocycles. The smallest absolute Gasteiger partial charge is 0.235 e. The first-order chi connectivity index (χ1) is 7.09. The van der Waals surface area contributed by atoms with E-state index in [4.69, 9.17) is 0 Å². The molecule has 0 fully saturated rings. The van der Waals surface area contributed by atoms with Gasteiger partial charge in [-0.25, -0.2) is 0 Å². The van der Waals surface area contributed by atoms with Gasteiger partial charge in [-0.05, 0) is 6.42 Å². The number of hydrogen-bond donors (Lipinski definition) is 1. The molecule has 15 heavy (non-hydrogen) atoms. The van der Waals surface area contributed by atoms with Gasteiger partial charge in [-0.2, -0.15) is 0 Å². The highest BCUT2D eigenvalue weighted by molar-refractivity contribution is 4.62. The molecule has 0 aromatic heterocycles. The molecule has 4 nitrogen and oxygen atoms in total. The molecule has 0 radical (unpaired) electrons. The lowest BCUT2D eigenvalue weighted by molar-refractivity contribution is -0.530. The van der Waals surface area contributed by atoms with Crippen LogP contribution in [0.4, 0.5) is 0 Å². The third-order valence-electron chi connectivity index (χ3n) is 2.74. The molecule has 2 atom stereocenters. The second-order valence-corrected chi connectivity index (χ2v) is 4.15. The topological polar surface area (TPSA) is 63.4 Å². The van der Waals surface area contributed by atoms with Crippen molar-refractivity contribution in [3.8, 4) is 0 Å². The number of aliphatic hydroxyl groups is 1. The molecule has 1 N–H and O–H groups in total. The summed E-state index contributed by atoms with van der Waals surface area (Å²) >= 11 is 0. The lowest BCUT2D eigenvalue weighted by Gasteiger charge is -2.11. The van der Waals surface area contributed by atoms with Gasteiger partial charge in [0.05, 0.1) is 0 Å². The first-order valence-electron chi connectivity index (χ1n) is 5.91. The first-order valence-corrected chi connectivity index (χ1v) is 5.91. The largest absolute Gasteiger partial charge is 0.386 e. The van der Waals surface area contributed by atoms with Crippen molar-refractivity contribution in [2.75, 3.05) is 0 Å². The molecule has 0 rings (SSSR count). The average Bonchev–Trinajstić information content (AvgIpc) is 2.21. The predicted octanol–water partition coefficient (Wildman–Crippen LogP) is 2.76. The number of hydrogen-bond acceptors (Lipinski definition) is 3. The lowest BCUT2D eigenvalue weighted by Crippen LogP contribution is -2.30. The molecule has 4 heteroatoms. The summed E-state index contributed by atoms with van der Waals surface area (Å²) in [6, 6.07) is -0.833. The maximum atomic E-state index is 10.4. The van der Waals surface area contributed by atoms with Crippen molar-refractivity contribution in [1.29, 1.82) is 0 Å². The normalized spacial score (nSPS) is 14.9. The van der Waals surface area contributed by atoms with Crippen LogP contribution in [0.15, 0.2) is 0 Å². The van der Waals surface area contributed by atoms with Gasteiger partial charge in [0.25, 0.3) is 0 Å². The minimum Gasteiger partial charge on any atom is -0.386 e. The molecule has 0 aromatic rings. The Morgan fingerprint density at radius 3 is 2.27 bits per heavy atom. The predicted molar refractivity (Wildman–Crippen MR) is 60.5 cm³/mol. The number of unbranched alkanes of at least 4 members (excludes halogenated alkanes) is 5. The maximum absolute atomic E-state index is 10.4. The van der Waals surface area contributed by atoms with Gasteiger partial charge in [-0.1, -0.05) is 45.4 Å². The molecule has 0 saturated carbocycles. The molecule has 0 aliphatic rings. The van der Waals surface area contributed by atoms with E-state index in [1.54, 1.807) is 0 Å². The Morgan fingerprint density at radius 2 is 1.73 bits per heavy atom. The van der Waals surface area contributed by atoms with Crippen LogP contribution < -0.4 is 0 Å². The van der Waals surface area contributed by atoms with Crippen molar-refractivity contribution < 1.29 is 10.0 Å². The van der Waals surface area contributed by atoms with Crippen LogP contribution in [0.5, 0.6) is 0 Å². The highest BCUT2D eigenvalue weighted by Gasteiger charge is 2.22. The van der Waals surface area contributed by atoms with Crippen LogP contribution in [0, 0.1) is 10.1 Å². The van der Waals surface area contributed by atoms with E-state index in [9.17, 15) is 15.2 Å². The van der Waals surface area contributed by atoms with E-state index in [2.05, 4.69) is 6.92 Å². The Bertz CT molecular complexity index is 173. The standard InChI is InChI=1S/C11H23NO3/c1-3-4-5-6-7-8-9-11(13)10(2)12(14)15/h10-11,13H,3-9H2,1-2H3/t10?,11-/m0/s1. The van der Waals surface area contributed by atoms with E-state index < -0.39 is 17.1 Å². The second-order valence-electron chi connectivity index (χ2n) is 4.15. The highest BCUT2D eigenvalue weighted by Crippen LogP contribution is 2.11. The average molecular weight is 217 g/mol. The summed E-state index contributed by atoms with van der Waals surface area (Å²) in [7, 11) is 0. The van der Waals surface area contributed by atoms with E-state index in [-0.39, 0.29) is 0 Å². The van der Waals surface area contributed by atoms with Crippen LogP contribution in [-0.2, 0) is 0 Å². The summed E-state index contributed by atoms with van der Waals surface area (Å²) < 4.78 is 0. The van der Waals surface area contributed by atoms with Crippen LogP contribution in [0.1, 0.15) is 58.8 Å². The van der Waals surface area contributed by atoms with Crippen LogP contribution in [0.25, 0.3) is 0 Å². The third kappa shape index (κ3) is 7.31. The fourth-order valence-electron chi connectivity index (χ4n) is 1.52. The molecule has 0 heterocycles. The third-order valence-corrected chi connectivity index (χ3v) is 2.74. The van der Waals surface area contributed by atoms with E-state index in [1.165, 1.54) is 32.6 Å². The lowest BCUT2D eigenvalue weighted by atomic mass is 10.0. The van der Waals surface area contributed by atoms with Crippen LogP contribution >= 0.6 is 0 Å². The van der Waals surface area contributed by atoms with Gasteiger partial charge in [0.1, 0.15) is 6.10 Å². The number of aliphatic hydroxyl groups excluding tert-OH is 1. The van der Waals surface area contributed by atoms with Crippen molar-refractivity contribution in [3.63, 3.8) is 0 Å². The molecule has 1 unspecified atom stereocenters. The monoisotopic (exact) mass is 217 g/mol. The molecule has 0 amide bonds. The fraction of sp³-hybridized carbons (Fsp3) is 1.00. The minimum atomic E-state index is -0.833. The van der Waals surface area contributed by atoms with Gasteiger partial charge < -0.3 is 5.11 Å². The summed E-state index contributed by atoms with van der Waals surface area (Å²) in [5.41, 5.74) is 0. The maximum Gasteiger partial charge on any atom is 0.235 e. The van der Waals surface area contributed by atoms with E-state index in [0.717, 1.165) is 12.8 Å². The van der Waals surface area contributed by atoms with Crippen LogP contribution in [0.3, 0.4) is 0 Å². The Labute approximate surface area is 91.8 Å². The zero-order valence-electron chi connectivity index (χ0n) is 9.82. The molecule has 0 aliphatic heterocycles. The number of rotatable bonds is 9. The Morgan fingerprint density at radius 1 is 1.20 bits per heavy atom. The van der Waals surface area contributed by atoms with Gasteiger partial charge in [-0.15, -0.1) is 0 Å². The second kappa shape index (κ2) is 8.65. The zero-order chi connectivity index (χ0) is 11.7. The first kappa shape index (κ1) is 14.4. The summed E-state index contributed by atoms with van der Waals surface area (Å²) in [5, 5.41) is 19.8. The van der Waals surface area contributed by atoms with Crippen molar-refractivity contribution in [1.82, 2.24) is 0 Å². The number of nitro groups is 1. The summed E-state index contributed by atoms with van der Waals surface area (Å²) in [6.45, 7) is 3.63. The molecule has 0 aromatic carbocycles. The molecule has 0 bridgehead atoms. The summed E-state index contributed by atoms with van der Waals surface area (Å²) in [6.07, 6.45) is 6.62. The summed E-state index contributed by atoms with van der Waals surface area (Å²) in [4.78, 5) is 9.95. The van der Waals surface area contributed by atoms with Crippen molar-refractivity contribution in [3.05, 3.63) is 10.1 Å². The van der Waals surface area contributed by atoms with E-state index >= 15 is 0 Å². The molecule has 90 valence electrons. The van der Waals surface area contributed by atoms with Crippen molar-refractivity contribution >= 4 is 0 Å². The van der Waals surface area contributed by atoms with Gasteiger partial charge >= 0.3 is 0 Å². The Hall–Kier alpha value is -0.640. The quantitative estimate of drug-likeness (QED) is 0.367. The highest BCUT2D eigenvalue weighted by atomic mass is 16.6. The van der Waals surface area contributed by atoms with E-state index in [0.29, 0.717) is 6.42 Å². The minimum absolute atomic E-state index is 0.415. The Kier molecular flexibility index (Phi) is 8.28. The van der Waals surface area contributed by atoms with Gasteiger partial charge in [0.15, 0.2) is 0 Å². The van der Waals surface area contributed by atoms with Gasteiger partial charge in [0, 0.05) is 11.8 Å². The Balaban J connectivity index is 3.38. The molecular weight excluding hydrogens is 194 g/mol. The van der Waals surface area contributed by atoms with Crippen LogP contribution in [0.2, 0.25) is 0 Å². The molecule has 0 spiro atoms. The number of nitrogens with zero attached hydrogens (tertiary/aromatic N) is 1. The zero-order valence-corrected chi connectivity index (χ0v) is 9.82. The fourth-order valence-corrected chi connectivity index (χ4v) is 1.52. The van der Waals surface area contributed by atoms with E-state index in [1.807, 2.05) is 0 Å². The van der Waals surface area contributed by atoms with Gasteiger partial charge in [-0.3, -0.25) is 10.1 Å².